The first-order valence-corrected chi connectivity index (χ1v) is 48.3. The zero-order valence-corrected chi connectivity index (χ0v) is 77.1. The van der Waals surface area contributed by atoms with Crippen LogP contribution < -0.4 is 0 Å². The lowest BCUT2D eigenvalue weighted by molar-refractivity contribution is 0.654. The molecule has 0 saturated carbocycles. The Bertz CT molecular complexity index is 9240. The highest BCUT2D eigenvalue weighted by molar-refractivity contribution is 7.27. The van der Waals surface area contributed by atoms with Gasteiger partial charge in [0, 0.05) is 119 Å². The topological polar surface area (TPSA) is 118 Å². The van der Waals surface area contributed by atoms with Gasteiger partial charge in [-0.3, -0.25) is 9.13 Å². The van der Waals surface area contributed by atoms with Crippen molar-refractivity contribution in [1.29, 1.82) is 0 Å². The van der Waals surface area contributed by atoms with Crippen molar-refractivity contribution in [2.45, 2.75) is 44.9 Å². The van der Waals surface area contributed by atoms with Crippen molar-refractivity contribution in [3.05, 3.63) is 452 Å². The van der Waals surface area contributed by atoms with Crippen molar-refractivity contribution in [3.63, 3.8) is 0 Å². The van der Waals surface area contributed by atoms with Gasteiger partial charge < -0.3 is 13.4 Å². The van der Waals surface area contributed by atoms with Crippen LogP contribution in [0, 0.1) is 0 Å². The minimum atomic E-state index is -0.101. The maximum atomic E-state index is 7.04. The van der Waals surface area contributed by atoms with Crippen LogP contribution in [0.15, 0.2) is 427 Å². The third-order valence-electron chi connectivity index (χ3n) is 29.3. The third kappa shape index (κ3) is 12.3. The van der Waals surface area contributed by atoms with E-state index in [-0.39, 0.29) is 10.8 Å². The molecule has 8 aromatic heterocycles. The summed E-state index contributed by atoms with van der Waals surface area (Å²) in [4.78, 5) is 30.3. The molecule has 0 atom stereocenters. The Balaban J connectivity index is 0.000000103. The Morgan fingerprint density at radius 2 is 0.576 bits per heavy atom. The smallest absolute Gasteiger partial charge is 0.238 e. The number of hydrogen-bond acceptors (Lipinski definition) is 9. The molecule has 12 heteroatoms. The van der Waals surface area contributed by atoms with Crippen molar-refractivity contribution in [2.75, 3.05) is 0 Å². The first kappa shape index (κ1) is 79.9. The van der Waals surface area contributed by atoms with Crippen molar-refractivity contribution in [2.24, 2.45) is 0 Å². The average molecular weight is 1800 g/mol. The molecule has 19 aromatic carbocycles. The largest absolute Gasteiger partial charge is 0.455 e. The molecule has 3 aliphatic carbocycles. The van der Waals surface area contributed by atoms with E-state index in [0.29, 0.717) is 35.2 Å². The van der Waals surface area contributed by atoms with E-state index < -0.39 is 0 Å². The van der Waals surface area contributed by atoms with Crippen molar-refractivity contribution >= 4 is 141 Å². The van der Waals surface area contributed by atoms with Gasteiger partial charge in [0.05, 0.1) is 43.9 Å². The van der Waals surface area contributed by atoms with Crippen LogP contribution in [0.3, 0.4) is 0 Å². The number of rotatable bonds is 9. The Hall–Kier alpha value is -17.6. The summed E-state index contributed by atoms with van der Waals surface area (Å²) in [6, 6.07) is 148. The van der Waals surface area contributed by atoms with Crippen LogP contribution >= 0.6 is 11.3 Å². The average Bonchev–Trinajstić information content (AvgIpc) is 1.54. The molecule has 0 aliphatic heterocycles. The fraction of sp³-hybridized carbons (Fsp3) is 0.0551. The predicted octanol–water partition coefficient (Wildman–Crippen LogP) is 33.1. The first-order chi connectivity index (χ1) is 68.5. The fourth-order valence-corrected chi connectivity index (χ4v) is 24.3. The van der Waals surface area contributed by atoms with E-state index in [2.05, 4.69) is 363 Å². The number of para-hydroxylation sites is 3. The van der Waals surface area contributed by atoms with Gasteiger partial charge in [-0.1, -0.05) is 380 Å². The second kappa shape index (κ2) is 31.0. The second-order valence-corrected chi connectivity index (χ2v) is 38.8. The molecule has 0 bridgehead atoms. The summed E-state index contributed by atoms with van der Waals surface area (Å²) in [5.41, 5.74) is 35.7. The normalized spacial score (nSPS) is 13.1. The van der Waals surface area contributed by atoms with Crippen LogP contribution in [-0.2, 0) is 17.3 Å². The number of furan rings is 2. The molecular formula is C127H83N9O2S. The summed E-state index contributed by atoms with van der Waals surface area (Å²) in [5, 5.41) is 14.1. The Morgan fingerprint density at radius 3 is 1.06 bits per heavy atom. The summed E-state index contributed by atoms with van der Waals surface area (Å²) in [6.45, 7) is 9.32. The van der Waals surface area contributed by atoms with E-state index in [4.69, 9.17) is 38.7 Å². The summed E-state index contributed by atoms with van der Waals surface area (Å²) >= 11 is 1.92. The van der Waals surface area contributed by atoms with Crippen LogP contribution in [-0.4, -0.2) is 43.6 Å². The molecule has 0 saturated heterocycles. The van der Waals surface area contributed by atoms with E-state index in [1.165, 1.54) is 136 Å². The Kier molecular flexibility index (Phi) is 17.8. The number of nitrogens with zero attached hydrogens (tertiary/aromatic N) is 9. The van der Waals surface area contributed by atoms with Crippen LogP contribution in [0.4, 0.5) is 0 Å². The van der Waals surface area contributed by atoms with Gasteiger partial charge in [0.2, 0.25) is 11.9 Å². The van der Waals surface area contributed by atoms with Crippen molar-refractivity contribution in [3.8, 4) is 119 Å². The molecule has 0 radical (unpaired) electrons. The maximum absolute atomic E-state index is 7.04. The van der Waals surface area contributed by atoms with Crippen LogP contribution in [0.2, 0.25) is 0 Å². The zero-order valence-electron chi connectivity index (χ0n) is 76.3. The number of aromatic nitrogens is 9. The number of benzene rings is 19. The highest BCUT2D eigenvalue weighted by Crippen LogP contribution is 2.58. The fourth-order valence-electron chi connectivity index (χ4n) is 22.9. The molecule has 0 unspecified atom stereocenters. The van der Waals surface area contributed by atoms with Gasteiger partial charge in [-0.05, 0) is 145 Å². The molecule has 654 valence electrons. The van der Waals surface area contributed by atoms with E-state index >= 15 is 0 Å². The number of fused-ring (bicyclic) bond motifs is 33. The standard InChI is InChI=1S/C43H27NO.C42H28N4O.C42H28N4S/c1-3-11-27(12-4-1)31-24-32(28-13-5-2-6-14-28)26-33(25-31)44-38-18-10-9-17-37(38)41-39(44)22-21-36-35-20-19-30-23-29-15-7-8-16-34(29)40(30)42(35)45-43(36)41;2*1-42(2)31-19-11-9-17-29(31)35-32(42)23-21-27-28-22-24-34-36(38(28)47-37(27)35)30-18-10-12-20-33(30)46(34)41-44-39(25-13-5-3-6-14-25)43-40(45-41)26-15-7-4-8-16-26/h1-22,24-26H,23H2;2*3-24H,1-2H3. The molecule has 27 aromatic rings. The molecule has 3 aliphatic rings. The zero-order chi connectivity index (χ0) is 92.0. The quantitative estimate of drug-likeness (QED) is 0.140. The van der Waals surface area contributed by atoms with E-state index in [1.54, 1.807) is 0 Å². The minimum Gasteiger partial charge on any atom is -0.455 e. The number of hydrogen-bond donors (Lipinski definition) is 0. The van der Waals surface area contributed by atoms with Gasteiger partial charge in [-0.25, -0.2) is 9.97 Å². The Labute approximate surface area is 803 Å². The highest BCUT2D eigenvalue weighted by Gasteiger charge is 2.40. The highest BCUT2D eigenvalue weighted by atomic mass is 32.1. The lowest BCUT2D eigenvalue weighted by atomic mass is 9.82. The van der Waals surface area contributed by atoms with Gasteiger partial charge >= 0.3 is 0 Å². The van der Waals surface area contributed by atoms with Crippen LogP contribution in [0.5, 0.6) is 0 Å². The van der Waals surface area contributed by atoms with E-state index in [0.717, 1.165) is 117 Å². The molecule has 139 heavy (non-hydrogen) atoms. The maximum Gasteiger partial charge on any atom is 0.238 e. The summed E-state index contributed by atoms with van der Waals surface area (Å²) in [7, 11) is 0. The lowest BCUT2D eigenvalue weighted by Crippen LogP contribution is -2.14. The molecule has 0 amide bonds. The minimum absolute atomic E-state index is 0.0345. The third-order valence-corrected chi connectivity index (χ3v) is 30.6. The van der Waals surface area contributed by atoms with Gasteiger partial charge in [0.25, 0.3) is 0 Å². The molecule has 0 N–H and O–H groups in total. The Morgan fingerprint density at radius 1 is 0.230 bits per heavy atom. The van der Waals surface area contributed by atoms with E-state index in [1.807, 2.05) is 108 Å². The summed E-state index contributed by atoms with van der Waals surface area (Å²) < 4.78 is 23.5. The van der Waals surface area contributed by atoms with Crippen LogP contribution in [0.25, 0.3) is 248 Å². The molecule has 0 spiro atoms. The SMILES string of the molecule is CC1(C)c2ccccc2-c2c1ccc1c2oc2c1ccc1c2c2ccccc2n1-c1nc(-c2ccccc2)nc(-c2ccccc2)n1.CC1(C)c2ccccc2-c2c1ccc1c2sc2c1ccc1c2c2ccccc2n1-c1nc(-c2ccccc2)nc(-c2ccccc2)n1.c1ccc(-c2cc(-c3ccccc3)cc(-n3c4ccccc4c4c5oc6c7c(ccc6c5ccc43)Cc3ccccc3-7)c2)cc1. The predicted molar refractivity (Wildman–Crippen MR) is 573 cm³/mol. The lowest BCUT2D eigenvalue weighted by Gasteiger charge is -2.21. The monoisotopic (exact) mass is 1800 g/mol. The molecule has 0 fully saturated rings. The number of thiophene rings is 1. The molecule has 30 rings (SSSR count). The van der Waals surface area contributed by atoms with Crippen LogP contribution in [0.1, 0.15) is 61.1 Å². The second-order valence-electron chi connectivity index (χ2n) is 37.8. The van der Waals surface area contributed by atoms with Gasteiger partial charge in [-0.2, -0.15) is 19.9 Å². The van der Waals surface area contributed by atoms with Gasteiger partial charge in [-0.15, -0.1) is 11.3 Å². The van der Waals surface area contributed by atoms with E-state index in [9.17, 15) is 0 Å². The molecule has 8 heterocycles. The van der Waals surface area contributed by atoms with Gasteiger partial charge in [0.1, 0.15) is 22.3 Å². The first-order valence-electron chi connectivity index (χ1n) is 47.5. The summed E-state index contributed by atoms with van der Waals surface area (Å²) in [5.74, 6) is 3.74. The van der Waals surface area contributed by atoms with Crippen molar-refractivity contribution < 1.29 is 8.83 Å². The molecule has 11 nitrogen and oxygen atoms in total. The summed E-state index contributed by atoms with van der Waals surface area (Å²) in [6.07, 6.45) is 0.953. The van der Waals surface area contributed by atoms with Gasteiger partial charge in [0.15, 0.2) is 23.3 Å². The molecular weight excluding hydrogens is 1720 g/mol. The van der Waals surface area contributed by atoms with Crippen molar-refractivity contribution in [1.82, 2.24) is 43.6 Å².